The van der Waals surface area contributed by atoms with Gasteiger partial charge >= 0.3 is 0 Å². The summed E-state index contributed by atoms with van der Waals surface area (Å²) in [5.74, 6) is 0.0272. The summed E-state index contributed by atoms with van der Waals surface area (Å²) in [7, 11) is 0. The molecule has 1 N–H and O–H groups in total. The van der Waals surface area contributed by atoms with Gasteiger partial charge in [0.2, 0.25) is 5.91 Å². The van der Waals surface area contributed by atoms with Gasteiger partial charge in [-0.25, -0.2) is 0 Å². The molecular formula is C11H12N2OS. The first kappa shape index (κ1) is 11.6. The molecule has 15 heavy (non-hydrogen) atoms. The number of nitriles is 1. The normalized spacial score (nSPS) is 9.40. The van der Waals surface area contributed by atoms with Crippen molar-refractivity contribution in [3.8, 4) is 5.40 Å². The monoisotopic (exact) mass is 220 g/mol. The lowest BCUT2D eigenvalue weighted by molar-refractivity contribution is -0.113. The smallest absolute Gasteiger partial charge is 0.235 e. The average Bonchev–Trinajstić information content (AvgIpc) is 2.20. The van der Waals surface area contributed by atoms with E-state index >= 15 is 0 Å². The summed E-state index contributed by atoms with van der Waals surface area (Å²) in [5, 5.41) is 13.0. The van der Waals surface area contributed by atoms with Gasteiger partial charge in [-0.05, 0) is 42.8 Å². The molecular weight excluding hydrogens is 208 g/mol. The minimum Gasteiger partial charge on any atom is -0.325 e. The second-order valence-electron chi connectivity index (χ2n) is 3.25. The standard InChI is InChI=1S/C11H12N2OS/c1-8-3-4-9(2)10(5-8)13-11(14)6-15-7-12/h3-5H,6H2,1-2H3,(H,13,14). The van der Waals surface area contributed by atoms with E-state index in [1.54, 1.807) is 0 Å². The third-order valence-electron chi connectivity index (χ3n) is 1.93. The van der Waals surface area contributed by atoms with Crippen molar-refractivity contribution in [3.05, 3.63) is 29.3 Å². The molecule has 0 unspecified atom stereocenters. The van der Waals surface area contributed by atoms with Crippen LogP contribution in [-0.4, -0.2) is 11.7 Å². The molecule has 0 heterocycles. The van der Waals surface area contributed by atoms with E-state index in [-0.39, 0.29) is 11.7 Å². The van der Waals surface area contributed by atoms with Gasteiger partial charge in [-0.1, -0.05) is 12.1 Å². The fourth-order valence-electron chi connectivity index (χ4n) is 1.15. The predicted octanol–water partition coefficient (Wildman–Crippen LogP) is 2.46. The number of carbonyl (C=O) groups excluding carboxylic acids is 1. The maximum atomic E-state index is 11.4. The molecule has 0 radical (unpaired) electrons. The van der Waals surface area contributed by atoms with E-state index in [2.05, 4.69) is 5.32 Å². The second-order valence-corrected chi connectivity index (χ2v) is 4.01. The van der Waals surface area contributed by atoms with E-state index in [0.717, 1.165) is 28.6 Å². The lowest BCUT2D eigenvalue weighted by Gasteiger charge is -2.07. The summed E-state index contributed by atoms with van der Waals surface area (Å²) in [6.45, 7) is 3.91. The highest BCUT2D eigenvalue weighted by Crippen LogP contribution is 2.16. The van der Waals surface area contributed by atoms with Crippen LogP contribution in [0.3, 0.4) is 0 Å². The van der Waals surface area contributed by atoms with Gasteiger partial charge in [-0.15, -0.1) is 0 Å². The molecule has 0 aliphatic carbocycles. The number of thioether (sulfide) groups is 1. The molecule has 0 atom stereocenters. The molecule has 1 amide bonds. The van der Waals surface area contributed by atoms with Crippen LogP contribution >= 0.6 is 11.8 Å². The van der Waals surface area contributed by atoms with Crippen molar-refractivity contribution in [1.29, 1.82) is 5.26 Å². The number of benzene rings is 1. The first-order chi connectivity index (χ1) is 7.13. The van der Waals surface area contributed by atoms with E-state index in [0.29, 0.717) is 0 Å². The SMILES string of the molecule is Cc1ccc(C)c(NC(=O)CSC#N)c1. The zero-order valence-corrected chi connectivity index (χ0v) is 9.52. The summed E-state index contributed by atoms with van der Waals surface area (Å²) >= 11 is 0.939. The Morgan fingerprint density at radius 2 is 2.27 bits per heavy atom. The fourth-order valence-corrected chi connectivity index (χ4v) is 1.42. The van der Waals surface area contributed by atoms with Crippen LogP contribution in [0.15, 0.2) is 18.2 Å². The number of aryl methyl sites for hydroxylation is 2. The Morgan fingerprint density at radius 3 is 2.93 bits per heavy atom. The highest BCUT2D eigenvalue weighted by Gasteiger charge is 2.04. The van der Waals surface area contributed by atoms with Crippen LogP contribution < -0.4 is 5.32 Å². The average molecular weight is 220 g/mol. The first-order valence-electron chi connectivity index (χ1n) is 4.51. The molecule has 0 aromatic heterocycles. The summed E-state index contributed by atoms with van der Waals surface area (Å²) in [4.78, 5) is 11.4. The van der Waals surface area contributed by atoms with Gasteiger partial charge in [0.1, 0.15) is 5.40 Å². The summed E-state index contributed by atoms with van der Waals surface area (Å²) in [6, 6.07) is 5.88. The van der Waals surface area contributed by atoms with Crippen LogP contribution in [-0.2, 0) is 4.79 Å². The van der Waals surface area contributed by atoms with Crippen LogP contribution in [0, 0.1) is 24.5 Å². The highest BCUT2D eigenvalue weighted by atomic mass is 32.2. The molecule has 1 rings (SSSR count). The van der Waals surface area contributed by atoms with Gasteiger partial charge in [0.25, 0.3) is 0 Å². The van der Waals surface area contributed by atoms with Crippen molar-refractivity contribution in [1.82, 2.24) is 0 Å². The minimum absolute atomic E-state index is 0.143. The van der Waals surface area contributed by atoms with Crippen LogP contribution in [0.4, 0.5) is 5.69 Å². The zero-order valence-electron chi connectivity index (χ0n) is 8.70. The Bertz CT molecular complexity index is 410. The second kappa shape index (κ2) is 5.42. The van der Waals surface area contributed by atoms with Gasteiger partial charge in [0, 0.05) is 5.69 Å². The van der Waals surface area contributed by atoms with Gasteiger partial charge < -0.3 is 5.32 Å². The molecule has 0 aliphatic rings. The van der Waals surface area contributed by atoms with Crippen molar-refractivity contribution in [2.45, 2.75) is 13.8 Å². The van der Waals surface area contributed by atoms with Crippen molar-refractivity contribution in [2.75, 3.05) is 11.1 Å². The largest absolute Gasteiger partial charge is 0.325 e. The molecule has 78 valence electrons. The summed E-state index contributed by atoms with van der Waals surface area (Å²) < 4.78 is 0. The van der Waals surface area contributed by atoms with Gasteiger partial charge in [0.05, 0.1) is 5.75 Å². The van der Waals surface area contributed by atoms with Gasteiger partial charge in [-0.3, -0.25) is 4.79 Å². The Hall–Kier alpha value is -1.47. The maximum Gasteiger partial charge on any atom is 0.235 e. The van der Waals surface area contributed by atoms with Crippen LogP contribution in [0.1, 0.15) is 11.1 Å². The van der Waals surface area contributed by atoms with Gasteiger partial charge in [-0.2, -0.15) is 5.26 Å². The molecule has 0 spiro atoms. The van der Waals surface area contributed by atoms with Crippen molar-refractivity contribution >= 4 is 23.4 Å². The number of thiocyanates is 1. The molecule has 3 nitrogen and oxygen atoms in total. The van der Waals surface area contributed by atoms with E-state index in [9.17, 15) is 4.79 Å². The highest BCUT2D eigenvalue weighted by molar-refractivity contribution is 8.04. The molecule has 1 aromatic rings. The minimum atomic E-state index is -0.143. The molecule has 0 saturated carbocycles. The molecule has 0 fully saturated rings. The van der Waals surface area contributed by atoms with Crippen LogP contribution in [0.2, 0.25) is 0 Å². The summed E-state index contributed by atoms with van der Waals surface area (Å²) in [5.41, 5.74) is 2.94. The number of anilines is 1. The Balaban J connectivity index is 2.68. The summed E-state index contributed by atoms with van der Waals surface area (Å²) in [6.07, 6.45) is 0. The fraction of sp³-hybridized carbons (Fsp3) is 0.273. The number of hydrogen-bond acceptors (Lipinski definition) is 3. The lowest BCUT2D eigenvalue weighted by atomic mass is 10.1. The van der Waals surface area contributed by atoms with Crippen LogP contribution in [0.5, 0.6) is 0 Å². The third-order valence-corrected chi connectivity index (χ3v) is 2.47. The van der Waals surface area contributed by atoms with Crippen molar-refractivity contribution in [2.24, 2.45) is 0 Å². The quantitative estimate of drug-likeness (QED) is 0.796. The van der Waals surface area contributed by atoms with Crippen LogP contribution in [0.25, 0.3) is 0 Å². The number of rotatable bonds is 3. The maximum absolute atomic E-state index is 11.4. The number of carbonyl (C=O) groups is 1. The van der Waals surface area contributed by atoms with E-state index in [4.69, 9.17) is 5.26 Å². The zero-order chi connectivity index (χ0) is 11.3. The molecule has 4 heteroatoms. The molecule has 0 saturated heterocycles. The predicted molar refractivity (Wildman–Crippen MR) is 62.6 cm³/mol. The van der Waals surface area contributed by atoms with E-state index in [1.807, 2.05) is 37.4 Å². The molecule has 0 bridgehead atoms. The van der Waals surface area contributed by atoms with E-state index < -0.39 is 0 Å². The lowest BCUT2D eigenvalue weighted by Crippen LogP contribution is -2.14. The molecule has 1 aromatic carbocycles. The third kappa shape index (κ3) is 3.64. The number of amides is 1. The van der Waals surface area contributed by atoms with Crippen molar-refractivity contribution in [3.63, 3.8) is 0 Å². The first-order valence-corrected chi connectivity index (χ1v) is 5.50. The Kier molecular flexibility index (Phi) is 4.19. The van der Waals surface area contributed by atoms with Crippen molar-refractivity contribution < 1.29 is 4.79 Å². The Labute approximate surface area is 93.5 Å². The number of nitrogens with zero attached hydrogens (tertiary/aromatic N) is 1. The number of hydrogen-bond donors (Lipinski definition) is 1. The molecule has 0 aliphatic heterocycles. The number of nitrogens with one attached hydrogen (secondary N) is 1. The van der Waals surface area contributed by atoms with Gasteiger partial charge in [0.15, 0.2) is 0 Å². The Morgan fingerprint density at radius 1 is 1.53 bits per heavy atom. The van der Waals surface area contributed by atoms with E-state index in [1.165, 1.54) is 0 Å². The topological polar surface area (TPSA) is 52.9 Å².